The predicted molar refractivity (Wildman–Crippen MR) is 143 cm³/mol. The molecule has 39 heavy (non-hydrogen) atoms. The molecule has 0 bridgehead atoms. The van der Waals surface area contributed by atoms with E-state index in [2.05, 4.69) is 20.9 Å². The summed E-state index contributed by atoms with van der Waals surface area (Å²) >= 11 is 0. The van der Waals surface area contributed by atoms with Crippen LogP contribution in [0.1, 0.15) is 35.8 Å². The minimum absolute atomic E-state index is 0.0936. The molecule has 4 rings (SSSR count). The molecule has 1 saturated heterocycles. The van der Waals surface area contributed by atoms with Crippen LogP contribution >= 0.6 is 0 Å². The highest BCUT2D eigenvalue weighted by Crippen LogP contribution is 2.18. The van der Waals surface area contributed by atoms with Crippen LogP contribution in [-0.4, -0.2) is 53.9 Å². The summed E-state index contributed by atoms with van der Waals surface area (Å²) in [4.78, 5) is 53.8. The molecule has 0 saturated carbocycles. The molecule has 1 aromatic heterocycles. The number of ether oxygens (including phenoxy) is 1. The van der Waals surface area contributed by atoms with Crippen molar-refractivity contribution in [1.29, 1.82) is 0 Å². The molecule has 2 heterocycles. The van der Waals surface area contributed by atoms with Crippen molar-refractivity contribution in [2.24, 2.45) is 5.92 Å². The van der Waals surface area contributed by atoms with Gasteiger partial charge in [-0.2, -0.15) is 0 Å². The predicted octanol–water partition coefficient (Wildman–Crippen LogP) is 2.78. The van der Waals surface area contributed by atoms with Crippen LogP contribution in [0.3, 0.4) is 0 Å². The highest BCUT2D eigenvalue weighted by Gasteiger charge is 2.29. The van der Waals surface area contributed by atoms with Gasteiger partial charge in [0.05, 0.1) is 6.61 Å². The van der Waals surface area contributed by atoms with E-state index >= 15 is 0 Å². The van der Waals surface area contributed by atoms with Gasteiger partial charge >= 0.3 is 5.97 Å². The van der Waals surface area contributed by atoms with Gasteiger partial charge in [0.15, 0.2) is 0 Å². The van der Waals surface area contributed by atoms with E-state index in [1.165, 1.54) is 24.3 Å². The number of aromatic nitrogens is 1. The first-order valence-electron chi connectivity index (χ1n) is 12.9. The summed E-state index contributed by atoms with van der Waals surface area (Å²) < 4.78 is 18.4. The highest BCUT2D eigenvalue weighted by molar-refractivity contribution is 6.00. The van der Waals surface area contributed by atoms with Crippen LogP contribution in [-0.2, 0) is 25.5 Å². The number of para-hydroxylation sites is 1. The largest absolute Gasteiger partial charge is 0.463 e. The molecule has 3 amide bonds. The fourth-order valence-corrected chi connectivity index (χ4v) is 4.53. The van der Waals surface area contributed by atoms with Crippen LogP contribution in [0.25, 0.3) is 10.9 Å². The second-order valence-electron chi connectivity index (χ2n) is 9.37. The van der Waals surface area contributed by atoms with E-state index in [0.29, 0.717) is 18.5 Å². The molecular weight excluding hydrogens is 503 g/mol. The van der Waals surface area contributed by atoms with Crippen molar-refractivity contribution in [3.05, 3.63) is 83.8 Å². The molecule has 1 fully saturated rings. The topological polar surface area (TPSA) is 129 Å². The maximum Gasteiger partial charge on any atom is 0.330 e. The third-order valence-corrected chi connectivity index (χ3v) is 6.53. The Kier molecular flexibility index (Phi) is 9.09. The van der Waals surface area contributed by atoms with Gasteiger partial charge in [-0.3, -0.25) is 14.4 Å². The first kappa shape index (κ1) is 27.6. The third-order valence-electron chi connectivity index (χ3n) is 6.53. The lowest BCUT2D eigenvalue weighted by Gasteiger charge is -2.23. The number of hydrogen-bond acceptors (Lipinski definition) is 5. The van der Waals surface area contributed by atoms with E-state index < -0.39 is 35.7 Å². The van der Waals surface area contributed by atoms with Crippen LogP contribution in [0, 0.1) is 11.7 Å². The van der Waals surface area contributed by atoms with E-state index in [1.807, 2.05) is 24.3 Å². The van der Waals surface area contributed by atoms with Gasteiger partial charge < -0.3 is 25.7 Å². The molecule has 0 radical (unpaired) electrons. The molecule has 0 aliphatic carbocycles. The summed E-state index contributed by atoms with van der Waals surface area (Å²) in [6.07, 6.45) is 3.69. The lowest BCUT2D eigenvalue weighted by Crippen LogP contribution is -2.51. The Balaban J connectivity index is 1.54. The first-order chi connectivity index (χ1) is 18.8. The Hall–Kier alpha value is -4.47. The number of amides is 3. The Bertz CT molecular complexity index is 1330. The van der Waals surface area contributed by atoms with Gasteiger partial charge in [0.2, 0.25) is 11.8 Å². The molecule has 204 valence electrons. The molecule has 0 unspecified atom stereocenters. The lowest BCUT2D eigenvalue weighted by molar-refractivity contribution is -0.137. The van der Waals surface area contributed by atoms with Gasteiger partial charge in [0.1, 0.15) is 17.6 Å². The van der Waals surface area contributed by atoms with E-state index in [0.717, 1.165) is 10.9 Å². The van der Waals surface area contributed by atoms with Crippen LogP contribution in [0.2, 0.25) is 0 Å². The summed E-state index contributed by atoms with van der Waals surface area (Å²) in [6.45, 7) is 2.42. The van der Waals surface area contributed by atoms with Gasteiger partial charge in [-0.05, 0) is 49.6 Å². The Morgan fingerprint density at radius 1 is 1.13 bits per heavy atom. The minimum Gasteiger partial charge on any atom is -0.463 e. The SMILES string of the molecule is CCOC(=O)/C=C/[C@@H](C[C@H]1CCNC1=O)NC(=O)[C@@H](Cc1ccc(F)cc1)NC(=O)c1cc2ccccc2[nH]1. The third kappa shape index (κ3) is 7.53. The maximum atomic E-state index is 13.5. The monoisotopic (exact) mass is 534 g/mol. The summed E-state index contributed by atoms with van der Waals surface area (Å²) in [5.41, 5.74) is 1.71. The Morgan fingerprint density at radius 2 is 1.90 bits per heavy atom. The molecule has 1 aliphatic heterocycles. The summed E-state index contributed by atoms with van der Waals surface area (Å²) in [7, 11) is 0. The average molecular weight is 535 g/mol. The van der Waals surface area contributed by atoms with Crippen LogP contribution in [0.15, 0.2) is 66.7 Å². The van der Waals surface area contributed by atoms with E-state index in [4.69, 9.17) is 4.74 Å². The number of hydrogen-bond donors (Lipinski definition) is 4. The van der Waals surface area contributed by atoms with Crippen molar-refractivity contribution in [2.75, 3.05) is 13.2 Å². The van der Waals surface area contributed by atoms with Gasteiger partial charge in [0, 0.05) is 41.9 Å². The van der Waals surface area contributed by atoms with Crippen molar-refractivity contribution in [1.82, 2.24) is 20.9 Å². The van der Waals surface area contributed by atoms with E-state index in [9.17, 15) is 23.6 Å². The molecule has 10 heteroatoms. The number of benzene rings is 2. The van der Waals surface area contributed by atoms with E-state index in [-0.39, 0.29) is 37.0 Å². The Labute approximate surface area is 225 Å². The fraction of sp³-hybridized carbons (Fsp3) is 0.310. The second-order valence-corrected chi connectivity index (χ2v) is 9.37. The standard InChI is InChI=1S/C29H31FN4O5/c1-2-39-26(35)12-11-22(16-20-13-14-31-27(20)36)32-28(37)24(15-18-7-9-21(30)10-8-18)34-29(38)25-17-19-5-3-4-6-23(19)33-25/h3-12,17,20,22,24,33H,2,13-16H2,1H3,(H,31,36)(H,32,37)(H,34,38)/b12-11+/t20-,22+,24-/m1/s1. The molecule has 9 nitrogen and oxygen atoms in total. The van der Waals surface area contributed by atoms with Gasteiger partial charge in [0.25, 0.3) is 5.91 Å². The number of carbonyl (C=O) groups excluding carboxylic acids is 4. The normalized spacial score (nSPS) is 16.6. The quantitative estimate of drug-likeness (QED) is 0.222. The van der Waals surface area contributed by atoms with Crippen molar-refractivity contribution in [3.8, 4) is 0 Å². The number of rotatable bonds is 11. The highest BCUT2D eigenvalue weighted by atomic mass is 19.1. The molecule has 1 aliphatic rings. The van der Waals surface area contributed by atoms with Crippen LogP contribution < -0.4 is 16.0 Å². The van der Waals surface area contributed by atoms with E-state index in [1.54, 1.807) is 25.1 Å². The molecule has 3 atom stereocenters. The molecule has 3 aromatic rings. The average Bonchev–Trinajstić information content (AvgIpc) is 3.54. The number of nitrogens with one attached hydrogen (secondary N) is 4. The zero-order valence-corrected chi connectivity index (χ0v) is 21.5. The van der Waals surface area contributed by atoms with Gasteiger partial charge in [-0.15, -0.1) is 0 Å². The summed E-state index contributed by atoms with van der Waals surface area (Å²) in [6, 6.07) is 13.1. The number of esters is 1. The molecule has 0 spiro atoms. The molecular formula is C29H31FN4O5. The minimum atomic E-state index is -1.02. The summed E-state index contributed by atoms with van der Waals surface area (Å²) in [5, 5.41) is 9.26. The van der Waals surface area contributed by atoms with Crippen LogP contribution in [0.4, 0.5) is 4.39 Å². The van der Waals surface area contributed by atoms with Gasteiger partial charge in [-0.1, -0.05) is 36.4 Å². The second kappa shape index (κ2) is 12.9. The number of fused-ring (bicyclic) bond motifs is 1. The smallest absolute Gasteiger partial charge is 0.330 e. The number of aromatic amines is 1. The van der Waals surface area contributed by atoms with Crippen molar-refractivity contribution >= 4 is 34.6 Å². The number of carbonyl (C=O) groups is 4. The lowest BCUT2D eigenvalue weighted by atomic mass is 9.97. The zero-order chi connectivity index (χ0) is 27.8. The first-order valence-corrected chi connectivity index (χ1v) is 12.9. The molecule has 4 N–H and O–H groups in total. The zero-order valence-electron chi connectivity index (χ0n) is 21.5. The number of H-pyrrole nitrogens is 1. The molecule has 2 aromatic carbocycles. The van der Waals surface area contributed by atoms with Gasteiger partial charge in [-0.25, -0.2) is 9.18 Å². The maximum absolute atomic E-state index is 13.5. The van der Waals surface area contributed by atoms with Crippen molar-refractivity contribution < 1.29 is 28.3 Å². The Morgan fingerprint density at radius 3 is 2.59 bits per heavy atom. The summed E-state index contributed by atoms with van der Waals surface area (Å²) in [5.74, 6) is -2.43. The fourth-order valence-electron chi connectivity index (χ4n) is 4.53. The number of halogens is 1. The van der Waals surface area contributed by atoms with Crippen molar-refractivity contribution in [2.45, 2.75) is 38.3 Å². The van der Waals surface area contributed by atoms with Crippen LogP contribution in [0.5, 0.6) is 0 Å². The van der Waals surface area contributed by atoms with Crippen molar-refractivity contribution in [3.63, 3.8) is 0 Å².